The van der Waals surface area contributed by atoms with Crippen LogP contribution in [0.1, 0.15) is 11.1 Å². The van der Waals surface area contributed by atoms with E-state index in [9.17, 15) is 0 Å². The van der Waals surface area contributed by atoms with E-state index in [1.807, 2.05) is 24.7 Å². The molecule has 6 heteroatoms. The maximum absolute atomic E-state index is 5.46. The van der Waals surface area contributed by atoms with Gasteiger partial charge in [0.05, 0.1) is 0 Å². The van der Waals surface area contributed by atoms with E-state index in [0.717, 1.165) is 49.0 Å². The summed E-state index contributed by atoms with van der Waals surface area (Å²) in [5.74, 6) is 1.01. The SMILES string of the molecule is c1cncc(-c2cc[c]3c(c2)C(c2ccnc(N4CCOCC4)c2)=[N][Sn]3)c1. The van der Waals surface area contributed by atoms with Crippen LogP contribution in [0.3, 0.4) is 0 Å². The molecule has 3 aromatic rings. The van der Waals surface area contributed by atoms with Crippen molar-refractivity contribution in [3.05, 3.63) is 72.2 Å². The average molecular weight is 461 g/mol. The molecule has 5 rings (SSSR count). The summed E-state index contributed by atoms with van der Waals surface area (Å²) >= 11 is -0.913. The summed E-state index contributed by atoms with van der Waals surface area (Å²) in [6.45, 7) is 3.31. The predicted octanol–water partition coefficient (Wildman–Crippen LogP) is 2.08. The van der Waals surface area contributed by atoms with Crippen molar-refractivity contribution in [2.24, 2.45) is 3.21 Å². The second kappa shape index (κ2) is 7.40. The molecule has 2 radical (unpaired) electrons. The summed E-state index contributed by atoms with van der Waals surface area (Å²) in [6.07, 6.45) is 5.62. The van der Waals surface area contributed by atoms with Crippen molar-refractivity contribution in [1.82, 2.24) is 9.97 Å². The molecule has 0 N–H and O–H groups in total. The Balaban J connectivity index is 1.50. The molecule has 132 valence electrons. The molecule has 2 aliphatic heterocycles. The van der Waals surface area contributed by atoms with E-state index in [2.05, 4.69) is 51.3 Å². The van der Waals surface area contributed by atoms with Crippen LogP contribution in [0.5, 0.6) is 0 Å². The Bertz CT molecular complexity index is 1000. The van der Waals surface area contributed by atoms with E-state index in [1.165, 1.54) is 14.7 Å². The second-order valence-electron chi connectivity index (χ2n) is 6.58. The minimum absolute atomic E-state index is 0.763. The number of anilines is 1. The third kappa shape index (κ3) is 3.37. The van der Waals surface area contributed by atoms with E-state index >= 15 is 0 Å². The Morgan fingerprint density at radius 2 is 1.85 bits per heavy atom. The first-order chi connectivity index (χ1) is 13.4. The number of aromatic nitrogens is 2. The number of benzene rings is 1. The Labute approximate surface area is 168 Å². The second-order valence-corrected chi connectivity index (χ2v) is 9.39. The van der Waals surface area contributed by atoms with Crippen LogP contribution in [0.15, 0.2) is 64.3 Å². The number of fused-ring (bicyclic) bond motifs is 1. The van der Waals surface area contributed by atoms with E-state index in [-0.39, 0.29) is 0 Å². The van der Waals surface area contributed by atoms with E-state index in [1.54, 1.807) is 0 Å². The standard InChI is InChI=1S/C21H18N4O.Sn/c22-21(17-4-1-3-16(13-17)19-5-2-7-23-15-19)18-6-8-24-20(14-18)25-9-11-26-12-10-25;/h1-3,5-8,13-15H,9-12H2;/q-1;+1. The summed E-state index contributed by atoms with van der Waals surface area (Å²) in [5.41, 5.74) is 5.90. The van der Waals surface area contributed by atoms with Crippen molar-refractivity contribution in [3.8, 4) is 11.1 Å². The molecule has 1 aromatic carbocycles. The fourth-order valence-corrected chi connectivity index (χ4v) is 6.19. The van der Waals surface area contributed by atoms with Gasteiger partial charge in [-0.15, -0.1) is 0 Å². The Hall–Kier alpha value is -2.25. The molecule has 0 bridgehead atoms. The number of morpholine rings is 1. The summed E-state index contributed by atoms with van der Waals surface area (Å²) < 4.78 is 11.9. The third-order valence-corrected chi connectivity index (χ3v) is 7.80. The molecule has 0 aliphatic carbocycles. The topological polar surface area (TPSA) is 50.6 Å². The molecule has 1 fully saturated rings. The molecule has 0 amide bonds. The number of hydrogen-bond donors (Lipinski definition) is 0. The van der Waals surface area contributed by atoms with Crippen LogP contribution in [0.25, 0.3) is 11.1 Å². The Kier molecular flexibility index (Phi) is 4.63. The van der Waals surface area contributed by atoms with E-state index in [4.69, 9.17) is 7.95 Å². The molecular formula is C21H18N4OSn. The molecule has 27 heavy (non-hydrogen) atoms. The first-order valence-electron chi connectivity index (χ1n) is 9.06. The monoisotopic (exact) mass is 462 g/mol. The Morgan fingerprint density at radius 3 is 2.70 bits per heavy atom. The van der Waals surface area contributed by atoms with Crippen molar-refractivity contribution in [1.29, 1.82) is 0 Å². The molecule has 0 saturated carbocycles. The van der Waals surface area contributed by atoms with E-state index in [0.29, 0.717) is 0 Å². The molecule has 2 aromatic heterocycles. The number of ether oxygens (including phenoxy) is 1. The van der Waals surface area contributed by atoms with Crippen LogP contribution in [0.4, 0.5) is 5.82 Å². The minimum atomic E-state index is -0.913. The van der Waals surface area contributed by atoms with Crippen LogP contribution >= 0.6 is 0 Å². The van der Waals surface area contributed by atoms with Crippen molar-refractivity contribution in [2.75, 3.05) is 31.2 Å². The summed E-state index contributed by atoms with van der Waals surface area (Å²) in [5, 5.41) is 0. The predicted molar refractivity (Wildman–Crippen MR) is 108 cm³/mol. The fraction of sp³-hybridized carbons (Fsp3) is 0.190. The quantitative estimate of drug-likeness (QED) is 0.561. The van der Waals surface area contributed by atoms with Crippen LogP contribution in [-0.2, 0) is 4.74 Å². The number of hydrogen-bond acceptors (Lipinski definition) is 5. The van der Waals surface area contributed by atoms with Crippen LogP contribution < -0.4 is 8.48 Å². The van der Waals surface area contributed by atoms with Crippen molar-refractivity contribution in [3.63, 3.8) is 0 Å². The average Bonchev–Trinajstić information content (AvgIpc) is 3.18. The van der Waals surface area contributed by atoms with Crippen molar-refractivity contribution in [2.45, 2.75) is 0 Å². The van der Waals surface area contributed by atoms with Gasteiger partial charge in [0.1, 0.15) is 0 Å². The number of pyridine rings is 2. The Morgan fingerprint density at radius 1 is 0.926 bits per heavy atom. The molecule has 1 saturated heterocycles. The zero-order valence-electron chi connectivity index (χ0n) is 14.8. The van der Waals surface area contributed by atoms with Gasteiger partial charge in [0.2, 0.25) is 0 Å². The van der Waals surface area contributed by atoms with Crippen LogP contribution in [-0.4, -0.2) is 63.4 Å². The molecule has 0 spiro atoms. The summed E-state index contributed by atoms with van der Waals surface area (Å²) in [7, 11) is 0. The van der Waals surface area contributed by atoms with Gasteiger partial charge in [0.15, 0.2) is 0 Å². The third-order valence-electron chi connectivity index (χ3n) is 4.91. The van der Waals surface area contributed by atoms with Gasteiger partial charge in [-0.05, 0) is 0 Å². The van der Waals surface area contributed by atoms with Gasteiger partial charge in [-0.25, -0.2) is 0 Å². The summed E-state index contributed by atoms with van der Waals surface area (Å²) in [4.78, 5) is 11.1. The summed E-state index contributed by atoms with van der Waals surface area (Å²) in [6, 6.07) is 15.1. The molecule has 0 atom stereocenters. The zero-order valence-corrected chi connectivity index (χ0v) is 17.7. The fourth-order valence-electron chi connectivity index (χ4n) is 3.48. The van der Waals surface area contributed by atoms with Gasteiger partial charge in [-0.2, -0.15) is 0 Å². The number of rotatable bonds is 3. The van der Waals surface area contributed by atoms with Crippen LogP contribution in [0.2, 0.25) is 0 Å². The number of nitrogens with zero attached hydrogens (tertiary/aromatic N) is 4. The maximum atomic E-state index is 5.46. The van der Waals surface area contributed by atoms with E-state index < -0.39 is 21.4 Å². The first kappa shape index (κ1) is 16.9. The molecule has 5 nitrogen and oxygen atoms in total. The van der Waals surface area contributed by atoms with Gasteiger partial charge in [0, 0.05) is 0 Å². The first-order valence-corrected chi connectivity index (χ1v) is 11.8. The molecule has 2 aliphatic rings. The van der Waals surface area contributed by atoms with Gasteiger partial charge in [-0.1, -0.05) is 0 Å². The zero-order chi connectivity index (χ0) is 18.1. The molecule has 4 heterocycles. The van der Waals surface area contributed by atoms with Crippen molar-refractivity contribution < 1.29 is 4.74 Å². The van der Waals surface area contributed by atoms with Gasteiger partial charge >= 0.3 is 169 Å². The van der Waals surface area contributed by atoms with Crippen molar-refractivity contribution >= 4 is 36.5 Å². The van der Waals surface area contributed by atoms with Crippen LogP contribution in [0, 0.1) is 0 Å². The van der Waals surface area contributed by atoms with Gasteiger partial charge < -0.3 is 0 Å². The molecular weight excluding hydrogens is 443 g/mol. The normalized spacial score (nSPS) is 16.1. The van der Waals surface area contributed by atoms with Gasteiger partial charge in [0.25, 0.3) is 0 Å². The molecule has 0 unspecified atom stereocenters. The van der Waals surface area contributed by atoms with Gasteiger partial charge in [-0.3, -0.25) is 0 Å².